The molecule has 0 saturated heterocycles. The quantitative estimate of drug-likeness (QED) is 0.481. The fourth-order valence-corrected chi connectivity index (χ4v) is 1.41. The van der Waals surface area contributed by atoms with Crippen LogP contribution in [0.1, 0.15) is 27.8 Å². The van der Waals surface area contributed by atoms with Crippen LogP contribution in [0, 0.1) is 34.6 Å². The first-order valence-corrected chi connectivity index (χ1v) is 3.75. The molecule has 1 radical (unpaired) electrons. The molecule has 0 saturated carbocycles. The first-order chi connectivity index (χ1) is 4.55. The van der Waals surface area contributed by atoms with E-state index in [0.717, 1.165) is 0 Å². The van der Waals surface area contributed by atoms with Crippen molar-refractivity contribution in [2.24, 2.45) is 0 Å². The Bertz CT molecular complexity index is 176. The number of hydrogen-bond donors (Lipinski definition) is 0. The Balaban J connectivity index is 0.000001000. The Hall–Kier alpha value is -0.0266. The van der Waals surface area contributed by atoms with E-state index in [9.17, 15) is 0 Å². The molecule has 0 fully saturated rings. The average Bonchev–Trinajstić information content (AvgIpc) is 2.07. The van der Waals surface area contributed by atoms with Crippen LogP contribution in [-0.4, -0.2) is 0 Å². The molecule has 0 spiro atoms. The van der Waals surface area contributed by atoms with Gasteiger partial charge in [-0.05, 0) is 0 Å². The summed E-state index contributed by atoms with van der Waals surface area (Å²) in [5.41, 5.74) is 7.34. The van der Waals surface area contributed by atoms with Gasteiger partial charge in [-0.2, -0.15) is 27.8 Å². The van der Waals surface area contributed by atoms with Gasteiger partial charge in [0.25, 0.3) is 0 Å². The van der Waals surface area contributed by atoms with Gasteiger partial charge in [0.05, 0.1) is 0 Å². The number of rotatable bonds is 0. The maximum atomic E-state index is 2.20. The van der Waals surface area contributed by atoms with Crippen LogP contribution in [0.3, 0.4) is 0 Å². The summed E-state index contributed by atoms with van der Waals surface area (Å²) in [5, 5.41) is 0. The maximum Gasteiger partial charge on any atom is 0 e. The van der Waals surface area contributed by atoms with Crippen molar-refractivity contribution in [2.75, 3.05) is 0 Å². The van der Waals surface area contributed by atoms with Gasteiger partial charge in [0.1, 0.15) is 0 Å². The van der Waals surface area contributed by atoms with Crippen molar-refractivity contribution >= 4 is 0 Å². The van der Waals surface area contributed by atoms with Crippen molar-refractivity contribution in [3.63, 3.8) is 0 Å². The van der Waals surface area contributed by atoms with Gasteiger partial charge in [0, 0.05) is 19.5 Å². The Morgan fingerprint density at radius 2 is 1.09 bits per heavy atom. The monoisotopic (exact) mass is 238 g/mol. The third-order valence-electron chi connectivity index (χ3n) is 2.81. The molecule has 0 unspecified atom stereocenters. The Morgan fingerprint density at radius 3 is 1.18 bits per heavy atom. The third kappa shape index (κ3) is 1.59. The molecule has 1 aromatic carbocycles. The molecular formula is C10H15Rh-. The van der Waals surface area contributed by atoms with Crippen LogP contribution in [0.15, 0.2) is 0 Å². The van der Waals surface area contributed by atoms with Gasteiger partial charge in [-0.25, -0.2) is 0 Å². The summed E-state index contributed by atoms with van der Waals surface area (Å²) in [6.45, 7) is 11.0. The van der Waals surface area contributed by atoms with Gasteiger partial charge in [0.15, 0.2) is 0 Å². The predicted octanol–water partition coefficient (Wildman–Crippen LogP) is 2.95. The molecule has 1 rings (SSSR count). The number of hydrogen-bond acceptors (Lipinski definition) is 0. The molecule has 0 N–H and O–H groups in total. The van der Waals surface area contributed by atoms with E-state index in [4.69, 9.17) is 0 Å². The van der Waals surface area contributed by atoms with Crippen LogP contribution in [0.2, 0.25) is 0 Å². The Labute approximate surface area is 82.1 Å². The van der Waals surface area contributed by atoms with Gasteiger partial charge in [-0.15, -0.1) is 0 Å². The average molecular weight is 238 g/mol. The molecule has 1 heteroatoms. The van der Waals surface area contributed by atoms with Crippen LogP contribution in [0.4, 0.5) is 0 Å². The SMILES string of the molecule is Cc1c(C)c(C)[c-](C)c1C.[Rh]. The van der Waals surface area contributed by atoms with Crippen molar-refractivity contribution in [1.29, 1.82) is 0 Å². The zero-order valence-corrected chi connectivity index (χ0v) is 9.47. The zero-order valence-electron chi connectivity index (χ0n) is 7.83. The Kier molecular flexibility index (Phi) is 3.57. The van der Waals surface area contributed by atoms with Gasteiger partial charge in [-0.1, -0.05) is 34.6 Å². The summed E-state index contributed by atoms with van der Waals surface area (Å²) in [6.07, 6.45) is 0. The van der Waals surface area contributed by atoms with Crippen molar-refractivity contribution in [3.8, 4) is 0 Å². The van der Waals surface area contributed by atoms with E-state index >= 15 is 0 Å². The van der Waals surface area contributed by atoms with Crippen molar-refractivity contribution in [2.45, 2.75) is 34.6 Å². The molecule has 0 atom stereocenters. The molecule has 11 heavy (non-hydrogen) atoms. The molecular weight excluding hydrogens is 223 g/mol. The van der Waals surface area contributed by atoms with Crippen LogP contribution in [0.5, 0.6) is 0 Å². The molecule has 0 aromatic heterocycles. The zero-order chi connectivity index (χ0) is 7.89. The molecule has 0 aliphatic rings. The van der Waals surface area contributed by atoms with E-state index in [1.54, 1.807) is 0 Å². The first kappa shape index (κ1) is 11.0. The van der Waals surface area contributed by atoms with E-state index in [0.29, 0.717) is 0 Å². The van der Waals surface area contributed by atoms with E-state index in [1.807, 2.05) is 0 Å². The minimum absolute atomic E-state index is 0. The fourth-order valence-electron chi connectivity index (χ4n) is 1.41. The minimum atomic E-state index is 0. The van der Waals surface area contributed by atoms with Gasteiger partial charge in [-0.3, -0.25) is 0 Å². The summed E-state index contributed by atoms with van der Waals surface area (Å²) in [4.78, 5) is 0. The Morgan fingerprint density at radius 1 is 0.818 bits per heavy atom. The predicted molar refractivity (Wildman–Crippen MR) is 45.7 cm³/mol. The van der Waals surface area contributed by atoms with Crippen LogP contribution in [-0.2, 0) is 19.5 Å². The summed E-state index contributed by atoms with van der Waals surface area (Å²) < 4.78 is 0. The van der Waals surface area contributed by atoms with E-state index in [2.05, 4.69) is 34.6 Å². The second-order valence-corrected chi connectivity index (χ2v) is 3.12. The second kappa shape index (κ2) is 3.58. The summed E-state index contributed by atoms with van der Waals surface area (Å²) >= 11 is 0. The minimum Gasteiger partial charge on any atom is -0.196 e. The van der Waals surface area contributed by atoms with Crippen LogP contribution in [0.25, 0.3) is 0 Å². The van der Waals surface area contributed by atoms with Crippen LogP contribution < -0.4 is 0 Å². The standard InChI is InChI=1S/C10H15.Rh/c1-6-7(2)9(4)10(5)8(6)3;/h1-5H3;/q-1;. The molecule has 0 heterocycles. The van der Waals surface area contributed by atoms with Crippen molar-refractivity contribution < 1.29 is 19.5 Å². The molecule has 0 aliphatic carbocycles. The van der Waals surface area contributed by atoms with Gasteiger partial charge < -0.3 is 0 Å². The molecule has 0 aliphatic heterocycles. The van der Waals surface area contributed by atoms with E-state index in [1.165, 1.54) is 27.8 Å². The molecule has 65 valence electrons. The summed E-state index contributed by atoms with van der Waals surface area (Å²) in [6, 6.07) is 0. The smallest absolute Gasteiger partial charge is 0 e. The fraction of sp³-hybridized carbons (Fsp3) is 0.500. The second-order valence-electron chi connectivity index (χ2n) is 3.12. The van der Waals surface area contributed by atoms with E-state index in [-0.39, 0.29) is 19.5 Å². The summed E-state index contributed by atoms with van der Waals surface area (Å²) in [5.74, 6) is 0. The largest absolute Gasteiger partial charge is 0.196 e. The van der Waals surface area contributed by atoms with Crippen molar-refractivity contribution in [3.05, 3.63) is 27.8 Å². The van der Waals surface area contributed by atoms with Gasteiger partial charge in [0.2, 0.25) is 0 Å². The maximum absolute atomic E-state index is 2.20. The van der Waals surface area contributed by atoms with Crippen molar-refractivity contribution in [1.82, 2.24) is 0 Å². The van der Waals surface area contributed by atoms with Gasteiger partial charge >= 0.3 is 0 Å². The molecule has 1 aromatic rings. The molecule has 0 amide bonds. The van der Waals surface area contributed by atoms with Crippen LogP contribution >= 0.6 is 0 Å². The normalized spacial score (nSPS) is 9.55. The first-order valence-electron chi connectivity index (χ1n) is 3.75. The summed E-state index contributed by atoms with van der Waals surface area (Å²) in [7, 11) is 0. The van der Waals surface area contributed by atoms with E-state index < -0.39 is 0 Å². The molecule has 0 bridgehead atoms. The third-order valence-corrected chi connectivity index (χ3v) is 2.81. The topological polar surface area (TPSA) is 0 Å². The molecule has 0 nitrogen and oxygen atoms in total.